The van der Waals surface area contributed by atoms with Crippen LogP contribution in [0.2, 0.25) is 0 Å². The number of carbonyl (C=O) groups excluding carboxylic acids is 3. The molecule has 4 heteroatoms. The third-order valence-corrected chi connectivity index (χ3v) is 4.90. The molecule has 0 saturated heterocycles. The maximum atomic E-state index is 12.1. The van der Waals surface area contributed by atoms with E-state index in [1.807, 2.05) is 6.07 Å². The average molecular weight is 344 g/mol. The molecule has 25 heavy (non-hydrogen) atoms. The fourth-order valence-corrected chi connectivity index (χ4v) is 3.38. The lowest BCUT2D eigenvalue weighted by molar-refractivity contribution is -0.147. The van der Waals surface area contributed by atoms with Crippen molar-refractivity contribution in [2.24, 2.45) is 5.92 Å². The lowest BCUT2D eigenvalue weighted by Gasteiger charge is -2.22. The fraction of sp³-hybridized carbons (Fsp3) is 0.571. The van der Waals surface area contributed by atoms with Crippen LogP contribution in [0.15, 0.2) is 30.3 Å². The van der Waals surface area contributed by atoms with E-state index in [9.17, 15) is 19.5 Å². The van der Waals surface area contributed by atoms with Crippen LogP contribution in [0.3, 0.4) is 0 Å². The van der Waals surface area contributed by atoms with E-state index in [4.69, 9.17) is 0 Å². The number of hydrogen-bond acceptors (Lipinski definition) is 4. The predicted octanol–water partition coefficient (Wildman–Crippen LogP) is 3.44. The summed E-state index contributed by atoms with van der Waals surface area (Å²) in [5, 5.41) is 9.54. The molecule has 0 heterocycles. The van der Waals surface area contributed by atoms with Crippen LogP contribution in [0.25, 0.3) is 0 Å². The van der Waals surface area contributed by atoms with E-state index in [1.165, 1.54) is 18.4 Å². The Morgan fingerprint density at radius 1 is 0.960 bits per heavy atom. The number of aliphatic hydroxyl groups is 1. The average Bonchev–Trinajstić information content (AvgIpc) is 2.61. The highest BCUT2D eigenvalue weighted by Crippen LogP contribution is 2.21. The van der Waals surface area contributed by atoms with Gasteiger partial charge in [-0.15, -0.1) is 0 Å². The molecule has 4 nitrogen and oxygen atoms in total. The monoisotopic (exact) mass is 344 g/mol. The highest BCUT2D eigenvalue weighted by molar-refractivity contribution is 6.21. The van der Waals surface area contributed by atoms with Crippen LogP contribution in [0.1, 0.15) is 63.4 Å². The van der Waals surface area contributed by atoms with Crippen LogP contribution in [-0.4, -0.2) is 28.6 Å². The maximum absolute atomic E-state index is 12.1. The third kappa shape index (κ3) is 6.20. The van der Waals surface area contributed by atoms with Crippen molar-refractivity contribution >= 4 is 17.3 Å². The standard InChI is InChI=1S/C21H28O4/c22-17(20-18(23)14-15-19(24)21(20)25)13-9-4-2-1-3-6-10-16-11-7-5-8-12-16/h5,7-8,11-12,19-20,24H,1-4,6,9-10,13-15H2. The molecule has 1 aromatic rings. The Hall–Kier alpha value is -1.81. The Labute approximate surface area is 149 Å². The smallest absolute Gasteiger partial charge is 0.179 e. The number of ketones is 3. The van der Waals surface area contributed by atoms with E-state index in [1.54, 1.807) is 0 Å². The number of aliphatic hydroxyl groups excluding tert-OH is 1. The minimum Gasteiger partial charge on any atom is -0.385 e. The molecule has 1 N–H and O–H groups in total. The van der Waals surface area contributed by atoms with E-state index in [0.717, 1.165) is 25.7 Å². The quantitative estimate of drug-likeness (QED) is 0.521. The van der Waals surface area contributed by atoms with Crippen molar-refractivity contribution < 1.29 is 19.5 Å². The number of unbranched alkanes of at least 4 members (excludes halogenated alkanes) is 5. The van der Waals surface area contributed by atoms with E-state index in [-0.39, 0.29) is 30.8 Å². The molecule has 0 aromatic heterocycles. The number of hydrogen-bond donors (Lipinski definition) is 1. The van der Waals surface area contributed by atoms with Crippen LogP contribution in [0, 0.1) is 5.92 Å². The molecule has 2 unspecified atom stereocenters. The minimum atomic E-state index is -1.20. The van der Waals surface area contributed by atoms with E-state index in [0.29, 0.717) is 6.42 Å². The minimum absolute atomic E-state index is 0.130. The van der Waals surface area contributed by atoms with Gasteiger partial charge in [-0.25, -0.2) is 0 Å². The second-order valence-corrected chi connectivity index (χ2v) is 6.93. The predicted molar refractivity (Wildman–Crippen MR) is 96.2 cm³/mol. The highest BCUT2D eigenvalue weighted by atomic mass is 16.3. The summed E-state index contributed by atoms with van der Waals surface area (Å²) < 4.78 is 0. The summed E-state index contributed by atoms with van der Waals surface area (Å²) in [6.07, 6.45) is 6.72. The van der Waals surface area contributed by atoms with Crippen molar-refractivity contribution in [2.45, 2.75) is 70.3 Å². The molecule has 1 aromatic carbocycles. The Bertz CT molecular complexity index is 579. The van der Waals surface area contributed by atoms with Crippen molar-refractivity contribution in [3.05, 3.63) is 35.9 Å². The molecule has 1 aliphatic carbocycles. The van der Waals surface area contributed by atoms with Crippen LogP contribution >= 0.6 is 0 Å². The van der Waals surface area contributed by atoms with Crippen molar-refractivity contribution in [3.63, 3.8) is 0 Å². The molecule has 1 saturated carbocycles. The molecule has 0 spiro atoms. The van der Waals surface area contributed by atoms with Gasteiger partial charge in [-0.2, -0.15) is 0 Å². The highest BCUT2D eigenvalue weighted by Gasteiger charge is 2.40. The van der Waals surface area contributed by atoms with E-state index >= 15 is 0 Å². The van der Waals surface area contributed by atoms with Gasteiger partial charge >= 0.3 is 0 Å². The van der Waals surface area contributed by atoms with Crippen molar-refractivity contribution in [2.75, 3.05) is 0 Å². The molecule has 0 radical (unpaired) electrons. The van der Waals surface area contributed by atoms with Gasteiger partial charge in [0.15, 0.2) is 17.3 Å². The summed E-state index contributed by atoms with van der Waals surface area (Å²) in [5.41, 5.74) is 1.37. The second kappa shape index (κ2) is 10.2. The van der Waals surface area contributed by atoms with Gasteiger partial charge < -0.3 is 5.11 Å². The van der Waals surface area contributed by atoms with Crippen LogP contribution < -0.4 is 0 Å². The lowest BCUT2D eigenvalue weighted by Crippen LogP contribution is -2.43. The van der Waals surface area contributed by atoms with Gasteiger partial charge in [0.2, 0.25) is 0 Å². The zero-order valence-electron chi connectivity index (χ0n) is 14.8. The molecular formula is C21H28O4. The molecule has 0 amide bonds. The maximum Gasteiger partial charge on any atom is 0.179 e. The van der Waals surface area contributed by atoms with Crippen LogP contribution in [0.5, 0.6) is 0 Å². The van der Waals surface area contributed by atoms with Gasteiger partial charge in [-0.3, -0.25) is 14.4 Å². The zero-order valence-corrected chi connectivity index (χ0v) is 14.8. The largest absolute Gasteiger partial charge is 0.385 e. The summed E-state index contributed by atoms with van der Waals surface area (Å²) in [6.45, 7) is 0. The SMILES string of the molecule is O=C(CCCCCCCCc1ccccc1)C1C(=O)CCC(O)C1=O. The second-order valence-electron chi connectivity index (χ2n) is 6.93. The van der Waals surface area contributed by atoms with Gasteiger partial charge in [0.1, 0.15) is 12.0 Å². The van der Waals surface area contributed by atoms with Crippen molar-refractivity contribution in [3.8, 4) is 0 Å². The number of aryl methyl sites for hydroxylation is 1. The summed E-state index contributed by atoms with van der Waals surface area (Å²) in [7, 11) is 0. The van der Waals surface area contributed by atoms with Crippen molar-refractivity contribution in [1.29, 1.82) is 0 Å². The Balaban J connectivity index is 1.54. The van der Waals surface area contributed by atoms with Crippen molar-refractivity contribution in [1.82, 2.24) is 0 Å². The van der Waals surface area contributed by atoms with E-state index < -0.39 is 17.8 Å². The number of benzene rings is 1. The van der Waals surface area contributed by atoms with Crippen LogP contribution in [-0.2, 0) is 20.8 Å². The lowest BCUT2D eigenvalue weighted by atomic mass is 9.81. The normalized spacial score (nSPS) is 20.7. The summed E-state index contributed by atoms with van der Waals surface area (Å²) >= 11 is 0. The molecule has 1 aliphatic rings. The number of carbonyl (C=O) groups is 3. The first kappa shape index (κ1) is 19.5. The molecule has 2 atom stereocenters. The first-order valence-corrected chi connectivity index (χ1v) is 9.40. The number of Topliss-reactive ketones (excluding diaryl/α,β-unsaturated/α-hetero) is 3. The first-order valence-electron chi connectivity index (χ1n) is 9.40. The number of rotatable bonds is 10. The molecular weight excluding hydrogens is 316 g/mol. The van der Waals surface area contributed by atoms with Crippen LogP contribution in [0.4, 0.5) is 0 Å². The van der Waals surface area contributed by atoms with Gasteiger partial charge in [0, 0.05) is 12.8 Å². The first-order chi connectivity index (χ1) is 12.1. The fourth-order valence-electron chi connectivity index (χ4n) is 3.38. The summed E-state index contributed by atoms with van der Waals surface area (Å²) in [6, 6.07) is 10.5. The Kier molecular flexibility index (Phi) is 7.99. The molecule has 0 aliphatic heterocycles. The van der Waals surface area contributed by atoms with Gasteiger partial charge in [0.05, 0.1) is 0 Å². The van der Waals surface area contributed by atoms with Gasteiger partial charge in [-0.05, 0) is 31.2 Å². The Morgan fingerprint density at radius 3 is 2.32 bits per heavy atom. The molecule has 2 rings (SSSR count). The van der Waals surface area contributed by atoms with E-state index in [2.05, 4.69) is 24.3 Å². The molecule has 0 bridgehead atoms. The molecule has 1 fully saturated rings. The zero-order chi connectivity index (χ0) is 18.1. The van der Waals surface area contributed by atoms with Gasteiger partial charge in [-0.1, -0.05) is 56.0 Å². The third-order valence-electron chi connectivity index (χ3n) is 4.90. The summed E-state index contributed by atoms with van der Waals surface area (Å²) in [5.74, 6) is -2.42. The Morgan fingerprint density at radius 2 is 1.60 bits per heavy atom. The molecule has 136 valence electrons. The van der Waals surface area contributed by atoms with Gasteiger partial charge in [0.25, 0.3) is 0 Å². The summed E-state index contributed by atoms with van der Waals surface area (Å²) in [4.78, 5) is 35.7. The topological polar surface area (TPSA) is 71.4 Å².